The predicted octanol–water partition coefficient (Wildman–Crippen LogP) is 4.55. The zero-order chi connectivity index (χ0) is 13.4. The highest BCUT2D eigenvalue weighted by atomic mass is 16.5. The van der Waals surface area contributed by atoms with Crippen molar-refractivity contribution in [3.05, 3.63) is 29.8 Å². The largest absolute Gasteiger partial charge is 0.497 e. The summed E-state index contributed by atoms with van der Waals surface area (Å²) in [6.07, 6.45) is 10.6. The molecule has 0 saturated heterocycles. The van der Waals surface area contributed by atoms with E-state index < -0.39 is 0 Å². The lowest BCUT2D eigenvalue weighted by Gasteiger charge is -2.17. The van der Waals surface area contributed by atoms with Gasteiger partial charge in [0.15, 0.2) is 0 Å². The molecule has 1 unspecified atom stereocenters. The van der Waals surface area contributed by atoms with E-state index in [0.717, 1.165) is 28.9 Å². The van der Waals surface area contributed by atoms with Crippen LogP contribution in [0.1, 0.15) is 50.5 Å². The van der Waals surface area contributed by atoms with Crippen LogP contribution in [0.3, 0.4) is 0 Å². The third-order valence-electron chi connectivity index (χ3n) is 7.27. The van der Waals surface area contributed by atoms with Gasteiger partial charge in [0, 0.05) is 5.41 Å². The summed E-state index contributed by atoms with van der Waals surface area (Å²) in [5, 5.41) is 0. The highest BCUT2D eigenvalue weighted by Crippen LogP contribution is 2.88. The molecule has 20 heavy (non-hydrogen) atoms. The van der Waals surface area contributed by atoms with Crippen LogP contribution in [0.4, 0.5) is 0 Å². The first-order chi connectivity index (χ1) is 9.81. The molecule has 1 nitrogen and oxygen atoms in total. The van der Waals surface area contributed by atoms with Gasteiger partial charge < -0.3 is 4.74 Å². The number of methoxy groups -OCH3 is 1. The van der Waals surface area contributed by atoms with Gasteiger partial charge in [0.2, 0.25) is 0 Å². The summed E-state index contributed by atoms with van der Waals surface area (Å²) >= 11 is 0. The standard InChI is InChI=1S/C19H24O/c1-20-15-8-6-13(7-9-15)19-12-14(19)11-18-10-4-2-3-5-16(18)17(18)19/h6-9,14,16-17H,2-5,10-12H2,1H3/t14-,16+,17-,18?,19+/m1/s1. The van der Waals surface area contributed by atoms with Crippen LogP contribution < -0.4 is 4.74 Å². The van der Waals surface area contributed by atoms with Crippen LogP contribution in [0.15, 0.2) is 24.3 Å². The average molecular weight is 268 g/mol. The summed E-state index contributed by atoms with van der Waals surface area (Å²) in [6.45, 7) is 0. The minimum Gasteiger partial charge on any atom is -0.497 e. The Hall–Kier alpha value is -0.980. The molecular formula is C19H24O. The second-order valence-corrected chi connectivity index (χ2v) is 7.79. The van der Waals surface area contributed by atoms with Crippen molar-refractivity contribution in [1.29, 1.82) is 0 Å². The van der Waals surface area contributed by atoms with Crippen molar-refractivity contribution in [3.8, 4) is 5.75 Å². The number of hydrogen-bond acceptors (Lipinski definition) is 1. The van der Waals surface area contributed by atoms with Gasteiger partial charge in [-0.2, -0.15) is 0 Å². The molecular weight excluding hydrogens is 244 g/mol. The van der Waals surface area contributed by atoms with Crippen molar-refractivity contribution in [2.45, 2.75) is 50.4 Å². The van der Waals surface area contributed by atoms with Gasteiger partial charge in [0.25, 0.3) is 0 Å². The first-order valence-corrected chi connectivity index (χ1v) is 8.46. The molecule has 106 valence electrons. The number of rotatable bonds is 2. The fraction of sp³-hybridized carbons (Fsp3) is 0.684. The molecule has 0 aliphatic heterocycles. The first-order valence-electron chi connectivity index (χ1n) is 8.46. The van der Waals surface area contributed by atoms with Crippen molar-refractivity contribution in [2.75, 3.05) is 7.11 Å². The van der Waals surface area contributed by atoms with Crippen molar-refractivity contribution < 1.29 is 4.74 Å². The number of ether oxygens (including phenoxy) is 1. The SMILES string of the molecule is COc1ccc([C@@]23C[C@H]2CC24CCCCC[C@H]2[C@H]43)cc1. The van der Waals surface area contributed by atoms with Crippen LogP contribution in [0.5, 0.6) is 5.75 Å². The van der Waals surface area contributed by atoms with Gasteiger partial charge in [0.05, 0.1) is 7.11 Å². The zero-order valence-electron chi connectivity index (χ0n) is 12.4. The molecule has 0 amide bonds. The molecule has 0 radical (unpaired) electrons. The van der Waals surface area contributed by atoms with E-state index in [1.54, 1.807) is 19.1 Å². The molecule has 4 aliphatic carbocycles. The maximum absolute atomic E-state index is 5.33. The number of fused-ring (bicyclic) bond motifs is 3. The third-order valence-corrected chi connectivity index (χ3v) is 7.27. The maximum Gasteiger partial charge on any atom is 0.118 e. The topological polar surface area (TPSA) is 9.23 Å². The monoisotopic (exact) mass is 268 g/mol. The van der Waals surface area contributed by atoms with E-state index in [9.17, 15) is 0 Å². The van der Waals surface area contributed by atoms with Crippen molar-refractivity contribution in [3.63, 3.8) is 0 Å². The van der Waals surface area contributed by atoms with Crippen LogP contribution in [0.2, 0.25) is 0 Å². The van der Waals surface area contributed by atoms with E-state index >= 15 is 0 Å². The van der Waals surface area contributed by atoms with E-state index in [4.69, 9.17) is 4.74 Å². The van der Waals surface area contributed by atoms with Gasteiger partial charge in [-0.15, -0.1) is 0 Å². The smallest absolute Gasteiger partial charge is 0.118 e. The average Bonchev–Trinajstić information content (AvgIpc) is 3.33. The minimum absolute atomic E-state index is 0.592. The van der Waals surface area contributed by atoms with Gasteiger partial charge in [0.1, 0.15) is 5.75 Å². The lowest BCUT2D eigenvalue weighted by atomic mass is 9.87. The Morgan fingerprint density at radius 2 is 1.90 bits per heavy atom. The fourth-order valence-electron chi connectivity index (χ4n) is 6.50. The van der Waals surface area contributed by atoms with Crippen molar-refractivity contribution in [2.24, 2.45) is 23.2 Å². The fourth-order valence-corrected chi connectivity index (χ4v) is 6.50. The molecule has 1 heteroatoms. The van der Waals surface area contributed by atoms with Crippen molar-refractivity contribution >= 4 is 0 Å². The summed E-state index contributed by atoms with van der Waals surface area (Å²) in [5.41, 5.74) is 3.01. The molecule has 1 aromatic rings. The minimum atomic E-state index is 0.592. The Labute approximate surface area is 121 Å². The summed E-state index contributed by atoms with van der Waals surface area (Å²) in [7, 11) is 1.76. The molecule has 0 heterocycles. The van der Waals surface area contributed by atoms with Gasteiger partial charge >= 0.3 is 0 Å². The Bertz CT molecular complexity index is 547. The lowest BCUT2D eigenvalue weighted by molar-refractivity contribution is 0.378. The molecule has 5 rings (SSSR count). The third kappa shape index (κ3) is 1.21. The van der Waals surface area contributed by atoms with Crippen LogP contribution in [-0.4, -0.2) is 7.11 Å². The maximum atomic E-state index is 5.33. The molecule has 4 saturated carbocycles. The summed E-state index contributed by atoms with van der Waals surface area (Å²) < 4.78 is 5.33. The molecule has 0 aromatic heterocycles. The normalized spacial score (nSPS) is 47.8. The molecule has 1 spiro atoms. The summed E-state index contributed by atoms with van der Waals surface area (Å²) in [6, 6.07) is 9.05. The summed E-state index contributed by atoms with van der Waals surface area (Å²) in [4.78, 5) is 0. The quantitative estimate of drug-likeness (QED) is 0.764. The van der Waals surface area contributed by atoms with Crippen LogP contribution >= 0.6 is 0 Å². The van der Waals surface area contributed by atoms with Crippen LogP contribution in [0.25, 0.3) is 0 Å². The molecule has 5 atom stereocenters. The highest BCUT2D eigenvalue weighted by Gasteiger charge is 2.83. The van der Waals surface area contributed by atoms with E-state index in [-0.39, 0.29) is 0 Å². The second-order valence-electron chi connectivity index (χ2n) is 7.79. The number of benzene rings is 1. The summed E-state index contributed by atoms with van der Waals surface area (Å²) in [5.74, 6) is 4.12. The molecule has 0 bridgehead atoms. The molecule has 1 aromatic carbocycles. The molecule has 4 fully saturated rings. The zero-order valence-corrected chi connectivity index (χ0v) is 12.4. The Balaban J connectivity index is 1.50. The van der Waals surface area contributed by atoms with Gasteiger partial charge in [-0.05, 0) is 66.5 Å². The predicted molar refractivity (Wildman–Crippen MR) is 79.9 cm³/mol. The van der Waals surface area contributed by atoms with Gasteiger partial charge in [-0.25, -0.2) is 0 Å². The Morgan fingerprint density at radius 1 is 1.05 bits per heavy atom. The molecule has 4 aliphatic rings. The first kappa shape index (κ1) is 11.7. The van der Waals surface area contributed by atoms with E-state index in [0.29, 0.717) is 5.41 Å². The second kappa shape index (κ2) is 3.61. The molecule has 0 N–H and O–H groups in total. The number of hydrogen-bond donors (Lipinski definition) is 0. The Morgan fingerprint density at radius 3 is 2.70 bits per heavy atom. The van der Waals surface area contributed by atoms with E-state index in [1.807, 2.05) is 0 Å². The van der Waals surface area contributed by atoms with Crippen LogP contribution in [0, 0.1) is 23.2 Å². The van der Waals surface area contributed by atoms with Gasteiger partial charge in [-0.1, -0.05) is 31.4 Å². The Kier molecular flexibility index (Phi) is 2.10. The lowest BCUT2D eigenvalue weighted by Crippen LogP contribution is -2.13. The highest BCUT2D eigenvalue weighted by molar-refractivity contribution is 5.47. The van der Waals surface area contributed by atoms with E-state index in [1.165, 1.54) is 38.5 Å². The van der Waals surface area contributed by atoms with Crippen LogP contribution in [-0.2, 0) is 5.41 Å². The van der Waals surface area contributed by atoms with E-state index in [2.05, 4.69) is 24.3 Å². The van der Waals surface area contributed by atoms with Gasteiger partial charge in [-0.3, -0.25) is 0 Å². The van der Waals surface area contributed by atoms with Crippen molar-refractivity contribution in [1.82, 2.24) is 0 Å².